The van der Waals surface area contributed by atoms with Gasteiger partial charge in [-0.2, -0.15) is 0 Å². The first-order valence-corrected chi connectivity index (χ1v) is 7.32. The fourth-order valence-corrected chi connectivity index (χ4v) is 2.84. The lowest BCUT2D eigenvalue weighted by Crippen LogP contribution is -2.04. The topological polar surface area (TPSA) is 27.1 Å². The lowest BCUT2D eigenvalue weighted by molar-refractivity contribution is 0.116. The number of benzene rings is 1. The van der Waals surface area contributed by atoms with E-state index >= 15 is 0 Å². The van der Waals surface area contributed by atoms with Crippen molar-refractivity contribution >= 4 is 10.9 Å². The maximum atomic E-state index is 5.47. The van der Waals surface area contributed by atoms with E-state index in [1.165, 1.54) is 16.6 Å². The summed E-state index contributed by atoms with van der Waals surface area (Å²) in [5.74, 6) is 0. The first kappa shape index (κ1) is 13.8. The third-order valence-electron chi connectivity index (χ3n) is 3.98. The lowest BCUT2D eigenvalue weighted by atomic mass is 10.1. The van der Waals surface area contributed by atoms with Crippen LogP contribution in [0.3, 0.4) is 0 Å². The Kier molecular flexibility index (Phi) is 3.76. The molecule has 0 bridgehead atoms. The lowest BCUT2D eigenvalue weighted by Gasteiger charge is -2.15. The molecule has 0 saturated carbocycles. The molecule has 3 nitrogen and oxygen atoms in total. The van der Waals surface area contributed by atoms with Crippen LogP contribution in [0, 0.1) is 0 Å². The molecule has 0 spiro atoms. The van der Waals surface area contributed by atoms with Crippen LogP contribution < -0.4 is 0 Å². The van der Waals surface area contributed by atoms with Crippen LogP contribution in [0.2, 0.25) is 0 Å². The molecule has 108 valence electrons. The Labute approximate surface area is 125 Å². The van der Waals surface area contributed by atoms with Gasteiger partial charge in [-0.25, -0.2) is 0 Å². The maximum absolute atomic E-state index is 5.47. The second-order valence-corrected chi connectivity index (χ2v) is 5.15. The number of aryl methyl sites for hydroxylation is 1. The van der Waals surface area contributed by atoms with Gasteiger partial charge in [-0.3, -0.25) is 4.98 Å². The molecular formula is C18H20N2O. The van der Waals surface area contributed by atoms with E-state index in [4.69, 9.17) is 4.74 Å². The number of fused-ring (bicyclic) bond motifs is 1. The van der Waals surface area contributed by atoms with Gasteiger partial charge in [0.2, 0.25) is 0 Å². The first-order valence-electron chi connectivity index (χ1n) is 7.32. The summed E-state index contributed by atoms with van der Waals surface area (Å²) in [6.45, 7) is 5.13. The Morgan fingerprint density at radius 1 is 1.19 bits per heavy atom. The number of methoxy groups -OCH3 is 1. The summed E-state index contributed by atoms with van der Waals surface area (Å²) >= 11 is 0. The minimum absolute atomic E-state index is 0.0236. The minimum Gasteiger partial charge on any atom is -0.375 e. The highest BCUT2D eigenvalue weighted by Crippen LogP contribution is 2.32. The predicted molar refractivity (Wildman–Crippen MR) is 86.3 cm³/mol. The molecule has 0 amide bonds. The van der Waals surface area contributed by atoms with Gasteiger partial charge in [-0.05, 0) is 38.1 Å². The van der Waals surface area contributed by atoms with Gasteiger partial charge in [0.05, 0.1) is 17.5 Å². The Hall–Kier alpha value is -2.13. The van der Waals surface area contributed by atoms with E-state index in [1.807, 2.05) is 19.2 Å². The van der Waals surface area contributed by atoms with Crippen LogP contribution in [0.5, 0.6) is 0 Å². The Morgan fingerprint density at radius 2 is 2.00 bits per heavy atom. The summed E-state index contributed by atoms with van der Waals surface area (Å²) in [5, 5.41) is 1.26. The highest BCUT2D eigenvalue weighted by atomic mass is 16.5. The van der Waals surface area contributed by atoms with Crippen molar-refractivity contribution in [2.45, 2.75) is 26.5 Å². The molecule has 0 fully saturated rings. The monoisotopic (exact) mass is 280 g/mol. The number of aromatic nitrogens is 2. The first-order chi connectivity index (χ1) is 10.3. The number of para-hydroxylation sites is 1. The standard InChI is InChI=1S/C18H20N2O/c1-4-20-16-10-6-5-8-14(16)12-17(20)15-9-7-11-19-18(15)13(2)21-3/h5-13H,4H2,1-3H3/t13-/m0/s1. The van der Waals surface area contributed by atoms with Crippen LogP contribution >= 0.6 is 0 Å². The minimum atomic E-state index is -0.0236. The van der Waals surface area contributed by atoms with Gasteiger partial charge in [0.15, 0.2) is 0 Å². The molecule has 3 heteroatoms. The molecule has 21 heavy (non-hydrogen) atoms. The van der Waals surface area contributed by atoms with Gasteiger partial charge in [0.1, 0.15) is 0 Å². The normalized spacial score (nSPS) is 12.7. The van der Waals surface area contributed by atoms with Crippen LogP contribution in [0.1, 0.15) is 25.6 Å². The Morgan fingerprint density at radius 3 is 2.76 bits per heavy atom. The zero-order valence-electron chi connectivity index (χ0n) is 12.7. The average molecular weight is 280 g/mol. The van der Waals surface area contributed by atoms with Crippen LogP contribution in [-0.4, -0.2) is 16.7 Å². The zero-order chi connectivity index (χ0) is 14.8. The van der Waals surface area contributed by atoms with Gasteiger partial charge in [0.25, 0.3) is 0 Å². The van der Waals surface area contributed by atoms with E-state index in [-0.39, 0.29) is 6.10 Å². The second-order valence-electron chi connectivity index (χ2n) is 5.15. The summed E-state index contributed by atoms with van der Waals surface area (Å²) in [7, 11) is 1.72. The molecule has 0 radical (unpaired) electrons. The summed E-state index contributed by atoms with van der Waals surface area (Å²) in [6.07, 6.45) is 1.80. The van der Waals surface area contributed by atoms with Gasteiger partial charge in [-0.1, -0.05) is 18.2 Å². The zero-order valence-corrected chi connectivity index (χ0v) is 12.7. The highest BCUT2D eigenvalue weighted by Gasteiger charge is 2.16. The van der Waals surface area contributed by atoms with E-state index in [1.54, 1.807) is 7.11 Å². The largest absolute Gasteiger partial charge is 0.375 e. The smallest absolute Gasteiger partial charge is 0.0969 e. The van der Waals surface area contributed by atoms with E-state index < -0.39 is 0 Å². The van der Waals surface area contributed by atoms with Crippen molar-refractivity contribution in [1.29, 1.82) is 0 Å². The van der Waals surface area contributed by atoms with E-state index in [9.17, 15) is 0 Å². The summed E-state index contributed by atoms with van der Waals surface area (Å²) in [5.41, 5.74) is 4.59. The third kappa shape index (κ3) is 2.34. The number of pyridine rings is 1. The Balaban J connectivity index is 2.26. The number of hydrogen-bond acceptors (Lipinski definition) is 2. The SMILES string of the molecule is CCn1c(-c2cccnc2[C@H](C)OC)cc2ccccc21. The van der Waals surface area contributed by atoms with E-state index in [0.29, 0.717) is 0 Å². The number of rotatable bonds is 4. The van der Waals surface area contributed by atoms with Crippen molar-refractivity contribution in [3.05, 3.63) is 54.4 Å². The number of nitrogens with zero attached hydrogens (tertiary/aromatic N) is 2. The maximum Gasteiger partial charge on any atom is 0.0969 e. The van der Waals surface area contributed by atoms with Crippen molar-refractivity contribution in [3.8, 4) is 11.3 Å². The van der Waals surface area contributed by atoms with Crippen LogP contribution in [0.15, 0.2) is 48.7 Å². The van der Waals surface area contributed by atoms with E-state index in [0.717, 1.165) is 17.8 Å². The van der Waals surface area contributed by atoms with Crippen molar-refractivity contribution in [2.75, 3.05) is 7.11 Å². The molecule has 0 aliphatic rings. The second kappa shape index (κ2) is 5.70. The van der Waals surface area contributed by atoms with Gasteiger partial charge in [0, 0.05) is 36.3 Å². The summed E-state index contributed by atoms with van der Waals surface area (Å²) in [6, 6.07) is 14.8. The molecule has 3 aromatic rings. The van der Waals surface area contributed by atoms with Crippen molar-refractivity contribution in [2.24, 2.45) is 0 Å². The predicted octanol–water partition coefficient (Wildman–Crippen LogP) is 4.43. The van der Waals surface area contributed by atoms with Crippen LogP contribution in [0.4, 0.5) is 0 Å². The number of hydrogen-bond donors (Lipinski definition) is 0. The molecule has 1 aromatic carbocycles. The van der Waals surface area contributed by atoms with Crippen LogP contribution in [-0.2, 0) is 11.3 Å². The average Bonchev–Trinajstić information content (AvgIpc) is 2.92. The van der Waals surface area contributed by atoms with Crippen molar-refractivity contribution < 1.29 is 4.74 Å². The molecule has 2 aromatic heterocycles. The molecule has 1 atom stereocenters. The molecule has 2 heterocycles. The molecule has 0 aliphatic heterocycles. The fraction of sp³-hybridized carbons (Fsp3) is 0.278. The fourth-order valence-electron chi connectivity index (χ4n) is 2.84. The molecule has 0 saturated heterocycles. The van der Waals surface area contributed by atoms with Crippen molar-refractivity contribution in [1.82, 2.24) is 9.55 Å². The van der Waals surface area contributed by atoms with Gasteiger partial charge in [-0.15, -0.1) is 0 Å². The molecule has 0 N–H and O–H groups in total. The number of ether oxygens (including phenoxy) is 1. The van der Waals surface area contributed by atoms with Gasteiger partial charge >= 0.3 is 0 Å². The summed E-state index contributed by atoms with van der Waals surface area (Å²) < 4.78 is 7.81. The highest BCUT2D eigenvalue weighted by molar-refractivity contribution is 5.87. The summed E-state index contributed by atoms with van der Waals surface area (Å²) in [4.78, 5) is 4.53. The van der Waals surface area contributed by atoms with Crippen LogP contribution in [0.25, 0.3) is 22.2 Å². The molecule has 0 unspecified atom stereocenters. The molecular weight excluding hydrogens is 260 g/mol. The van der Waals surface area contributed by atoms with Crippen molar-refractivity contribution in [3.63, 3.8) is 0 Å². The molecule has 0 aliphatic carbocycles. The third-order valence-corrected chi connectivity index (χ3v) is 3.98. The Bertz CT molecular complexity index is 761. The van der Waals surface area contributed by atoms with E-state index in [2.05, 4.69) is 52.9 Å². The quantitative estimate of drug-likeness (QED) is 0.707. The van der Waals surface area contributed by atoms with Gasteiger partial charge < -0.3 is 9.30 Å². The molecule has 3 rings (SSSR count).